The van der Waals surface area contributed by atoms with Gasteiger partial charge in [-0.2, -0.15) is 0 Å². The first-order valence-electron chi connectivity index (χ1n) is 10.2. The number of Topliss-reactive ketones (excluding diaryl/α,β-unsaturated/α-hetero) is 1. The first kappa shape index (κ1) is 21.8. The van der Waals surface area contributed by atoms with E-state index in [1.165, 1.54) is 6.07 Å². The summed E-state index contributed by atoms with van der Waals surface area (Å²) >= 11 is 0. The Morgan fingerprint density at radius 2 is 1.79 bits per heavy atom. The monoisotopic (exact) mass is 443 g/mol. The van der Waals surface area contributed by atoms with Gasteiger partial charge in [-0.25, -0.2) is 4.98 Å². The smallest absolute Gasteiger partial charge is 0.287 e. The summed E-state index contributed by atoms with van der Waals surface area (Å²) < 4.78 is 10.7. The van der Waals surface area contributed by atoms with Gasteiger partial charge in [0.1, 0.15) is 11.5 Å². The van der Waals surface area contributed by atoms with Crippen molar-refractivity contribution < 1.29 is 19.1 Å². The molecular formula is C25H21N3O5. The third kappa shape index (κ3) is 5.24. The van der Waals surface area contributed by atoms with Crippen LogP contribution in [0.5, 0.6) is 11.5 Å². The number of ketones is 1. The molecule has 0 unspecified atom stereocenters. The molecule has 3 aromatic carbocycles. The van der Waals surface area contributed by atoms with Crippen LogP contribution in [0, 0.1) is 0 Å². The van der Waals surface area contributed by atoms with E-state index in [1.54, 1.807) is 49.6 Å². The largest absolute Gasteiger partial charge is 0.497 e. The molecule has 8 heteroatoms. The molecule has 4 aromatic rings. The van der Waals surface area contributed by atoms with Gasteiger partial charge in [0.05, 0.1) is 18.0 Å². The number of ether oxygens (including phenoxy) is 2. The van der Waals surface area contributed by atoms with Crippen LogP contribution in [0.25, 0.3) is 10.9 Å². The van der Waals surface area contributed by atoms with Crippen LogP contribution in [-0.2, 0) is 6.54 Å². The Bertz CT molecular complexity index is 1370. The summed E-state index contributed by atoms with van der Waals surface area (Å²) in [6, 6.07) is 20.8. The molecule has 0 radical (unpaired) electrons. The number of benzene rings is 3. The number of hydrogen-bond donors (Lipinski definition) is 2. The van der Waals surface area contributed by atoms with Crippen molar-refractivity contribution in [2.24, 2.45) is 0 Å². The molecule has 33 heavy (non-hydrogen) atoms. The fraction of sp³-hybridized carbons (Fsp3) is 0.120. The Hall–Kier alpha value is -4.46. The van der Waals surface area contributed by atoms with Crippen LogP contribution in [0.15, 0.2) is 77.6 Å². The summed E-state index contributed by atoms with van der Waals surface area (Å²) in [5, 5.41) is 2.98. The molecule has 0 saturated heterocycles. The second kappa shape index (κ2) is 9.78. The van der Waals surface area contributed by atoms with E-state index in [-0.39, 0.29) is 30.1 Å². The van der Waals surface area contributed by atoms with Crippen LogP contribution in [0.4, 0.5) is 0 Å². The molecule has 0 saturated carbocycles. The van der Waals surface area contributed by atoms with E-state index in [0.717, 1.165) is 5.56 Å². The van der Waals surface area contributed by atoms with E-state index in [1.807, 2.05) is 24.3 Å². The van der Waals surface area contributed by atoms with Crippen molar-refractivity contribution in [2.75, 3.05) is 13.7 Å². The van der Waals surface area contributed by atoms with Gasteiger partial charge in [0, 0.05) is 12.1 Å². The Morgan fingerprint density at radius 1 is 0.970 bits per heavy atom. The lowest BCUT2D eigenvalue weighted by Gasteiger charge is -2.08. The summed E-state index contributed by atoms with van der Waals surface area (Å²) in [7, 11) is 1.57. The molecule has 0 spiro atoms. The lowest BCUT2D eigenvalue weighted by atomic mass is 10.1. The van der Waals surface area contributed by atoms with E-state index < -0.39 is 11.5 Å². The minimum atomic E-state index is -0.509. The Morgan fingerprint density at radius 3 is 2.58 bits per heavy atom. The van der Waals surface area contributed by atoms with Crippen LogP contribution in [-0.4, -0.2) is 35.4 Å². The standard InChI is InChI=1S/C25H21N3O5/c1-32-18-9-5-6-16(12-18)14-26-25(31)23-27-21-11-10-19(13-20(21)24(30)28-23)33-15-22(29)17-7-3-2-4-8-17/h2-13H,14-15H2,1H3,(H,26,31)(H,27,28,30). The van der Waals surface area contributed by atoms with Gasteiger partial charge in [0.15, 0.2) is 18.2 Å². The summed E-state index contributed by atoms with van der Waals surface area (Å²) in [5.74, 6) is 0.261. The minimum Gasteiger partial charge on any atom is -0.497 e. The van der Waals surface area contributed by atoms with Crippen LogP contribution >= 0.6 is 0 Å². The van der Waals surface area contributed by atoms with Gasteiger partial charge in [-0.3, -0.25) is 14.4 Å². The van der Waals surface area contributed by atoms with Crippen molar-refractivity contribution in [3.8, 4) is 11.5 Å². The fourth-order valence-electron chi connectivity index (χ4n) is 3.22. The molecule has 2 N–H and O–H groups in total. The number of aromatic nitrogens is 2. The zero-order valence-corrected chi connectivity index (χ0v) is 17.8. The quantitative estimate of drug-likeness (QED) is 0.405. The molecule has 166 valence electrons. The maximum absolute atomic E-state index is 12.6. The van der Waals surface area contributed by atoms with E-state index in [2.05, 4.69) is 15.3 Å². The average Bonchev–Trinajstić information content (AvgIpc) is 2.86. The molecule has 4 rings (SSSR count). The zero-order valence-electron chi connectivity index (χ0n) is 17.8. The Balaban J connectivity index is 1.45. The van der Waals surface area contributed by atoms with Crippen molar-refractivity contribution in [1.82, 2.24) is 15.3 Å². The summed E-state index contributed by atoms with van der Waals surface area (Å²) in [4.78, 5) is 44.0. The molecule has 0 aliphatic carbocycles. The molecule has 1 aromatic heterocycles. The lowest BCUT2D eigenvalue weighted by Crippen LogP contribution is -2.27. The molecule has 1 amide bonds. The summed E-state index contributed by atoms with van der Waals surface area (Å²) in [6.45, 7) is 0.0889. The number of hydrogen-bond acceptors (Lipinski definition) is 6. The minimum absolute atomic E-state index is 0.0941. The molecule has 0 atom stereocenters. The van der Waals surface area contributed by atoms with Crippen molar-refractivity contribution >= 4 is 22.6 Å². The third-order valence-electron chi connectivity index (χ3n) is 4.94. The maximum Gasteiger partial charge on any atom is 0.287 e. The summed E-state index contributed by atoms with van der Waals surface area (Å²) in [5.41, 5.74) is 1.25. The van der Waals surface area contributed by atoms with Gasteiger partial charge in [-0.05, 0) is 35.9 Å². The van der Waals surface area contributed by atoms with Gasteiger partial charge >= 0.3 is 0 Å². The molecule has 0 fully saturated rings. The number of aromatic amines is 1. The topological polar surface area (TPSA) is 110 Å². The molecule has 0 aliphatic rings. The van der Waals surface area contributed by atoms with E-state index in [4.69, 9.17) is 9.47 Å². The number of fused-ring (bicyclic) bond motifs is 1. The second-order valence-corrected chi connectivity index (χ2v) is 7.21. The number of methoxy groups -OCH3 is 1. The van der Waals surface area contributed by atoms with E-state index in [9.17, 15) is 14.4 Å². The highest BCUT2D eigenvalue weighted by molar-refractivity contribution is 5.97. The van der Waals surface area contributed by atoms with Gasteiger partial charge < -0.3 is 19.8 Å². The zero-order chi connectivity index (χ0) is 23.2. The third-order valence-corrected chi connectivity index (χ3v) is 4.94. The normalized spacial score (nSPS) is 10.6. The van der Waals surface area contributed by atoms with E-state index >= 15 is 0 Å². The summed E-state index contributed by atoms with van der Waals surface area (Å²) in [6.07, 6.45) is 0. The number of amides is 1. The maximum atomic E-state index is 12.6. The van der Waals surface area contributed by atoms with E-state index in [0.29, 0.717) is 22.6 Å². The fourth-order valence-corrected chi connectivity index (χ4v) is 3.22. The average molecular weight is 443 g/mol. The highest BCUT2D eigenvalue weighted by Crippen LogP contribution is 2.17. The van der Waals surface area contributed by atoms with Crippen molar-refractivity contribution in [1.29, 1.82) is 0 Å². The molecule has 8 nitrogen and oxygen atoms in total. The highest BCUT2D eigenvalue weighted by atomic mass is 16.5. The van der Waals surface area contributed by atoms with Crippen molar-refractivity contribution in [3.63, 3.8) is 0 Å². The molecule has 0 aliphatic heterocycles. The van der Waals surface area contributed by atoms with Gasteiger partial charge in [-0.15, -0.1) is 0 Å². The predicted octanol–water partition coefficient (Wildman–Crippen LogP) is 3.12. The number of nitrogens with one attached hydrogen (secondary N) is 2. The van der Waals surface area contributed by atoms with Gasteiger partial charge in [-0.1, -0.05) is 42.5 Å². The number of carbonyl (C=O) groups is 2. The second-order valence-electron chi connectivity index (χ2n) is 7.21. The highest BCUT2D eigenvalue weighted by Gasteiger charge is 2.13. The molecular weight excluding hydrogens is 422 g/mol. The number of nitrogens with zero attached hydrogens (tertiary/aromatic N) is 1. The molecule has 1 heterocycles. The number of H-pyrrole nitrogens is 1. The van der Waals surface area contributed by atoms with Crippen LogP contribution < -0.4 is 20.3 Å². The first-order valence-corrected chi connectivity index (χ1v) is 10.2. The Kier molecular flexibility index (Phi) is 6.45. The lowest BCUT2D eigenvalue weighted by molar-refractivity contribution is 0.0919. The van der Waals surface area contributed by atoms with Crippen molar-refractivity contribution in [3.05, 3.63) is 100 Å². The Labute approximate surface area is 189 Å². The van der Waals surface area contributed by atoms with Crippen LogP contribution in [0.1, 0.15) is 26.5 Å². The van der Waals surface area contributed by atoms with Crippen LogP contribution in [0.3, 0.4) is 0 Å². The SMILES string of the molecule is COc1cccc(CNC(=O)c2nc3ccc(OCC(=O)c4ccccc4)cc3c(=O)[nH]2)c1. The first-order chi connectivity index (χ1) is 16.0. The number of rotatable bonds is 8. The van der Waals surface area contributed by atoms with Crippen LogP contribution in [0.2, 0.25) is 0 Å². The van der Waals surface area contributed by atoms with Crippen molar-refractivity contribution in [2.45, 2.75) is 6.54 Å². The predicted molar refractivity (Wildman–Crippen MR) is 123 cm³/mol. The number of carbonyl (C=O) groups excluding carboxylic acids is 2. The molecule has 0 bridgehead atoms. The van der Waals surface area contributed by atoms with Gasteiger partial charge in [0.2, 0.25) is 0 Å². The van der Waals surface area contributed by atoms with Gasteiger partial charge in [0.25, 0.3) is 11.5 Å².